The van der Waals surface area contributed by atoms with Crippen molar-refractivity contribution in [1.82, 2.24) is 0 Å². The van der Waals surface area contributed by atoms with E-state index in [2.05, 4.69) is 25.5 Å². The summed E-state index contributed by atoms with van der Waals surface area (Å²) in [5.74, 6) is -0.247. The smallest absolute Gasteiger partial charge is 0.406 e. The molecule has 0 unspecified atom stereocenters. The number of benzene rings is 2. The summed E-state index contributed by atoms with van der Waals surface area (Å²) in [6, 6.07) is 5.34. The summed E-state index contributed by atoms with van der Waals surface area (Å²) < 4.78 is 40.7. The van der Waals surface area contributed by atoms with Gasteiger partial charge in [0.25, 0.3) is 0 Å². The highest BCUT2D eigenvalue weighted by molar-refractivity contribution is 5.53. The minimum atomic E-state index is -4.69. The molecule has 0 fully saturated rings. The summed E-state index contributed by atoms with van der Waals surface area (Å²) in [4.78, 5) is 0. The second-order valence-corrected chi connectivity index (χ2v) is 6.13. The Morgan fingerprint density at radius 3 is 1.62 bits per heavy atom. The molecule has 0 aliphatic carbocycles. The van der Waals surface area contributed by atoms with Gasteiger partial charge in [-0.3, -0.25) is 0 Å². The molecule has 0 aromatic heterocycles. The predicted octanol–water partition coefficient (Wildman–Crippen LogP) is 5.18. The van der Waals surface area contributed by atoms with Crippen LogP contribution in [0.25, 0.3) is 0 Å². The monoisotopic (exact) mass is 337 g/mol. The van der Waals surface area contributed by atoms with Gasteiger partial charge in [-0.2, -0.15) is 0 Å². The molecule has 0 heterocycles. The molecule has 0 bridgehead atoms. The first-order valence-corrected chi connectivity index (χ1v) is 7.71. The van der Waals surface area contributed by atoms with Crippen molar-refractivity contribution in [1.29, 1.82) is 0 Å². The van der Waals surface area contributed by atoms with Crippen LogP contribution in [0.4, 0.5) is 13.2 Å². The lowest BCUT2D eigenvalue weighted by atomic mass is 9.84. The zero-order chi connectivity index (χ0) is 18.2. The van der Waals surface area contributed by atoms with Crippen molar-refractivity contribution in [3.63, 3.8) is 0 Å². The number of nitrogens with two attached hydrogens (primary N) is 1. The van der Waals surface area contributed by atoms with Crippen molar-refractivity contribution in [2.45, 2.75) is 47.0 Å². The molecule has 1 atom stereocenters. The van der Waals surface area contributed by atoms with E-state index in [0.29, 0.717) is 0 Å². The minimum absolute atomic E-state index is 0.247. The molecule has 5 heteroatoms. The van der Waals surface area contributed by atoms with Crippen LogP contribution in [0.2, 0.25) is 0 Å². The van der Waals surface area contributed by atoms with Gasteiger partial charge in [0.1, 0.15) is 5.75 Å². The summed E-state index contributed by atoms with van der Waals surface area (Å²) >= 11 is 0. The summed E-state index contributed by atoms with van der Waals surface area (Å²) in [5, 5.41) is 0. The van der Waals surface area contributed by atoms with Crippen LogP contribution in [-0.2, 0) is 0 Å². The van der Waals surface area contributed by atoms with Gasteiger partial charge in [0.2, 0.25) is 0 Å². The lowest BCUT2D eigenvalue weighted by Crippen LogP contribution is -2.18. The maximum atomic E-state index is 12.3. The van der Waals surface area contributed by atoms with Crippen molar-refractivity contribution in [3.05, 3.63) is 63.2 Å². The highest BCUT2D eigenvalue weighted by Crippen LogP contribution is 2.33. The molecule has 0 saturated carbocycles. The zero-order valence-electron chi connectivity index (χ0n) is 14.5. The van der Waals surface area contributed by atoms with Gasteiger partial charge in [0.05, 0.1) is 6.04 Å². The number of alkyl halides is 3. The molecule has 0 radical (unpaired) electrons. The van der Waals surface area contributed by atoms with Crippen molar-refractivity contribution in [2.75, 3.05) is 0 Å². The Morgan fingerprint density at radius 2 is 1.21 bits per heavy atom. The Labute approximate surface area is 140 Å². The van der Waals surface area contributed by atoms with Crippen LogP contribution >= 0.6 is 0 Å². The highest BCUT2D eigenvalue weighted by atomic mass is 19.4. The maximum Gasteiger partial charge on any atom is 0.573 e. The third-order valence-electron chi connectivity index (χ3n) is 4.84. The van der Waals surface area contributed by atoms with Gasteiger partial charge in [-0.05, 0) is 85.7 Å². The van der Waals surface area contributed by atoms with Crippen molar-refractivity contribution in [2.24, 2.45) is 5.73 Å². The van der Waals surface area contributed by atoms with E-state index >= 15 is 0 Å². The fraction of sp³-hybridized carbons (Fsp3) is 0.368. The van der Waals surface area contributed by atoms with Crippen molar-refractivity contribution < 1.29 is 17.9 Å². The third-order valence-corrected chi connectivity index (χ3v) is 4.84. The number of halogens is 3. The van der Waals surface area contributed by atoms with E-state index in [4.69, 9.17) is 5.73 Å². The molecule has 2 nitrogen and oxygen atoms in total. The van der Waals surface area contributed by atoms with Gasteiger partial charge in [0, 0.05) is 0 Å². The molecule has 0 aliphatic rings. The molecule has 2 aromatic rings. The second-order valence-electron chi connectivity index (χ2n) is 6.13. The Balaban J connectivity index is 2.41. The summed E-state index contributed by atoms with van der Waals surface area (Å²) in [5.41, 5.74) is 14.1. The fourth-order valence-electron chi connectivity index (χ4n) is 3.04. The minimum Gasteiger partial charge on any atom is -0.406 e. The largest absolute Gasteiger partial charge is 0.573 e. The molecule has 0 spiro atoms. The molecule has 130 valence electrons. The first-order valence-electron chi connectivity index (χ1n) is 7.71. The Bertz CT molecular complexity index is 720. The zero-order valence-corrected chi connectivity index (χ0v) is 14.5. The van der Waals surface area contributed by atoms with Gasteiger partial charge in [-0.1, -0.05) is 12.1 Å². The molecule has 0 amide bonds. The maximum absolute atomic E-state index is 12.3. The third kappa shape index (κ3) is 3.56. The molecule has 2 rings (SSSR count). The van der Waals surface area contributed by atoms with E-state index < -0.39 is 12.4 Å². The van der Waals surface area contributed by atoms with Crippen LogP contribution in [0.15, 0.2) is 24.3 Å². The van der Waals surface area contributed by atoms with E-state index in [0.717, 1.165) is 22.3 Å². The van der Waals surface area contributed by atoms with Gasteiger partial charge >= 0.3 is 6.36 Å². The van der Waals surface area contributed by atoms with Crippen LogP contribution in [-0.4, -0.2) is 6.36 Å². The van der Waals surface area contributed by atoms with Gasteiger partial charge < -0.3 is 10.5 Å². The van der Waals surface area contributed by atoms with Crippen LogP contribution < -0.4 is 10.5 Å². The lowest BCUT2D eigenvalue weighted by Gasteiger charge is -2.23. The average molecular weight is 337 g/mol. The summed E-state index contributed by atoms with van der Waals surface area (Å²) in [6.07, 6.45) is -4.69. The van der Waals surface area contributed by atoms with E-state index in [1.54, 1.807) is 12.1 Å². The number of ether oxygens (including phenoxy) is 1. The van der Waals surface area contributed by atoms with Crippen LogP contribution in [0, 0.1) is 34.6 Å². The fourth-order valence-corrected chi connectivity index (χ4v) is 3.04. The second kappa shape index (κ2) is 6.48. The van der Waals surface area contributed by atoms with E-state index in [-0.39, 0.29) is 5.75 Å². The van der Waals surface area contributed by atoms with E-state index in [1.165, 1.54) is 28.8 Å². The standard InChI is InChI=1S/C19H22F3NO/c1-10-11(2)13(4)17(14(5)12(10)3)18(23)15-6-8-16(9-7-15)24-19(20,21)22/h6-9,18H,23H2,1-5H3/t18-/m0/s1. The Kier molecular flexibility index (Phi) is 4.95. The van der Waals surface area contributed by atoms with E-state index in [1.807, 2.05) is 13.8 Å². The van der Waals surface area contributed by atoms with E-state index in [9.17, 15) is 13.2 Å². The Morgan fingerprint density at radius 1 is 0.792 bits per heavy atom. The van der Waals surface area contributed by atoms with Gasteiger partial charge in [-0.15, -0.1) is 13.2 Å². The number of hydrogen-bond acceptors (Lipinski definition) is 2. The Hall–Kier alpha value is -2.01. The summed E-state index contributed by atoms with van der Waals surface area (Å²) in [7, 11) is 0. The predicted molar refractivity (Wildman–Crippen MR) is 89.3 cm³/mol. The van der Waals surface area contributed by atoms with Crippen molar-refractivity contribution >= 4 is 0 Å². The first-order chi connectivity index (χ1) is 11.0. The van der Waals surface area contributed by atoms with Gasteiger partial charge in [-0.25, -0.2) is 0 Å². The molecule has 2 aromatic carbocycles. The van der Waals surface area contributed by atoms with Crippen molar-refractivity contribution in [3.8, 4) is 5.75 Å². The number of hydrogen-bond donors (Lipinski definition) is 1. The molecular formula is C19H22F3NO. The highest BCUT2D eigenvalue weighted by Gasteiger charge is 2.31. The molecule has 0 saturated heterocycles. The van der Waals surface area contributed by atoms with Crippen LogP contribution in [0.1, 0.15) is 45.0 Å². The molecule has 0 aliphatic heterocycles. The summed E-state index contributed by atoms with van der Waals surface area (Å²) in [6.45, 7) is 10.3. The normalized spacial score (nSPS) is 13.0. The molecule has 24 heavy (non-hydrogen) atoms. The molecular weight excluding hydrogens is 315 g/mol. The number of rotatable bonds is 3. The first kappa shape index (κ1) is 18.3. The molecule has 2 N–H and O–H groups in total. The van der Waals surface area contributed by atoms with Gasteiger partial charge in [0.15, 0.2) is 0 Å². The quantitative estimate of drug-likeness (QED) is 0.838. The topological polar surface area (TPSA) is 35.2 Å². The SMILES string of the molecule is Cc1c(C)c(C)c([C@@H](N)c2ccc(OC(F)(F)F)cc2)c(C)c1C. The van der Waals surface area contributed by atoms with Crippen LogP contribution in [0.5, 0.6) is 5.75 Å². The average Bonchev–Trinajstić information content (AvgIpc) is 2.50. The van der Waals surface area contributed by atoms with Crippen LogP contribution in [0.3, 0.4) is 0 Å². The lowest BCUT2D eigenvalue weighted by molar-refractivity contribution is -0.274.